The molecule has 0 spiro atoms. The van der Waals surface area contributed by atoms with Crippen LogP contribution in [0.4, 0.5) is 0 Å². The Bertz CT molecular complexity index is 1140. The summed E-state index contributed by atoms with van der Waals surface area (Å²) in [6.07, 6.45) is 3.07. The standard InChI is InChI=1S/C31H41NO6/c1-8-36-29(34)19-24(6)37-31-21(3)15-20(2)16-26(31)9-10-28(33)27-17-22(4)30(23(5)18-27)38-25(7)32-11-13-35-14-12-32/h9-10,15-18,24-25H,8,11-14,19H2,1-7H3/b10-9+. The van der Waals surface area contributed by atoms with Gasteiger partial charge < -0.3 is 18.9 Å². The molecule has 3 rings (SSSR count). The first-order valence-electron chi connectivity index (χ1n) is 13.3. The van der Waals surface area contributed by atoms with Crippen LogP contribution in [0.15, 0.2) is 30.3 Å². The summed E-state index contributed by atoms with van der Waals surface area (Å²) < 4.78 is 22.9. The largest absolute Gasteiger partial charge is 0.489 e. The Morgan fingerprint density at radius 1 is 0.947 bits per heavy atom. The Hall–Kier alpha value is -3.16. The number of esters is 1. The first-order chi connectivity index (χ1) is 18.1. The predicted octanol–water partition coefficient (Wildman–Crippen LogP) is 5.59. The van der Waals surface area contributed by atoms with Gasteiger partial charge in [-0.15, -0.1) is 0 Å². The molecule has 0 N–H and O–H groups in total. The lowest BCUT2D eigenvalue weighted by molar-refractivity contribution is -0.144. The van der Waals surface area contributed by atoms with Crippen LogP contribution in [0.5, 0.6) is 11.5 Å². The van der Waals surface area contributed by atoms with Crippen LogP contribution in [-0.4, -0.2) is 61.9 Å². The van der Waals surface area contributed by atoms with Gasteiger partial charge in [0, 0.05) is 24.2 Å². The number of aryl methyl sites for hydroxylation is 4. The highest BCUT2D eigenvalue weighted by atomic mass is 16.5. The minimum Gasteiger partial charge on any atom is -0.489 e. The molecule has 1 aliphatic heterocycles. The van der Waals surface area contributed by atoms with Gasteiger partial charge >= 0.3 is 5.97 Å². The van der Waals surface area contributed by atoms with E-state index >= 15 is 0 Å². The van der Waals surface area contributed by atoms with E-state index in [1.165, 1.54) is 0 Å². The van der Waals surface area contributed by atoms with Crippen molar-refractivity contribution >= 4 is 17.8 Å². The summed E-state index contributed by atoms with van der Waals surface area (Å²) in [6, 6.07) is 7.75. The third kappa shape index (κ3) is 7.92. The number of hydrogen-bond acceptors (Lipinski definition) is 7. The molecule has 7 nitrogen and oxygen atoms in total. The van der Waals surface area contributed by atoms with E-state index in [0.29, 0.717) is 31.1 Å². The fourth-order valence-electron chi connectivity index (χ4n) is 4.70. The maximum atomic E-state index is 13.2. The fraction of sp³-hybridized carbons (Fsp3) is 0.484. The van der Waals surface area contributed by atoms with E-state index < -0.39 is 0 Å². The average Bonchev–Trinajstić information content (AvgIpc) is 2.86. The van der Waals surface area contributed by atoms with Crippen LogP contribution in [-0.2, 0) is 14.3 Å². The molecule has 1 saturated heterocycles. The zero-order valence-corrected chi connectivity index (χ0v) is 23.8. The number of hydrogen-bond donors (Lipinski definition) is 0. The normalized spacial score (nSPS) is 15.8. The van der Waals surface area contributed by atoms with E-state index in [4.69, 9.17) is 18.9 Å². The monoisotopic (exact) mass is 523 g/mol. The van der Waals surface area contributed by atoms with Crippen molar-refractivity contribution in [2.75, 3.05) is 32.9 Å². The summed E-state index contributed by atoms with van der Waals surface area (Å²) in [5.74, 6) is 1.07. The van der Waals surface area contributed by atoms with Crippen molar-refractivity contribution in [3.63, 3.8) is 0 Å². The van der Waals surface area contributed by atoms with Crippen LogP contribution in [0.1, 0.15) is 65.4 Å². The second-order valence-electron chi connectivity index (χ2n) is 9.94. The van der Waals surface area contributed by atoms with Crippen molar-refractivity contribution < 1.29 is 28.5 Å². The molecule has 0 aliphatic carbocycles. The molecule has 2 unspecified atom stereocenters. The minimum atomic E-state index is -0.365. The molecule has 38 heavy (non-hydrogen) atoms. The van der Waals surface area contributed by atoms with Gasteiger partial charge in [0.15, 0.2) is 5.78 Å². The van der Waals surface area contributed by atoms with Crippen LogP contribution >= 0.6 is 0 Å². The molecule has 2 aromatic carbocycles. The Labute approximate surface area is 226 Å². The number of benzene rings is 2. The van der Waals surface area contributed by atoms with Gasteiger partial charge in [0.2, 0.25) is 0 Å². The Kier molecular flexibility index (Phi) is 10.5. The summed E-state index contributed by atoms with van der Waals surface area (Å²) in [5, 5.41) is 0. The second-order valence-corrected chi connectivity index (χ2v) is 9.94. The summed E-state index contributed by atoms with van der Waals surface area (Å²) >= 11 is 0. The second kappa shape index (κ2) is 13.6. The highest BCUT2D eigenvalue weighted by Gasteiger charge is 2.21. The van der Waals surface area contributed by atoms with E-state index in [1.807, 2.05) is 65.8 Å². The molecule has 7 heteroatoms. The van der Waals surface area contributed by atoms with Crippen molar-refractivity contribution in [2.24, 2.45) is 0 Å². The molecule has 0 radical (unpaired) electrons. The van der Waals surface area contributed by atoms with Crippen LogP contribution < -0.4 is 9.47 Å². The summed E-state index contributed by atoms with van der Waals surface area (Å²) in [5.41, 5.74) is 5.23. The minimum absolute atomic E-state index is 0.0769. The number of allylic oxidation sites excluding steroid dienone is 1. The molecule has 2 aromatic rings. The number of morpholine rings is 1. The summed E-state index contributed by atoms with van der Waals surface area (Å²) in [4.78, 5) is 27.3. The van der Waals surface area contributed by atoms with Gasteiger partial charge in [-0.25, -0.2) is 0 Å². The molecule has 2 atom stereocenters. The van der Waals surface area contributed by atoms with Crippen molar-refractivity contribution in [3.05, 3.63) is 63.7 Å². The van der Waals surface area contributed by atoms with Gasteiger partial charge in [0.25, 0.3) is 0 Å². The highest BCUT2D eigenvalue weighted by molar-refractivity contribution is 6.07. The molecular weight excluding hydrogens is 482 g/mol. The maximum absolute atomic E-state index is 13.2. The Morgan fingerprint density at radius 2 is 1.58 bits per heavy atom. The number of nitrogens with zero attached hydrogens (tertiary/aromatic N) is 1. The number of ether oxygens (including phenoxy) is 4. The molecule has 0 bridgehead atoms. The average molecular weight is 524 g/mol. The fourth-order valence-corrected chi connectivity index (χ4v) is 4.70. The molecule has 0 aromatic heterocycles. The van der Waals surface area contributed by atoms with E-state index in [2.05, 4.69) is 4.90 Å². The summed E-state index contributed by atoms with van der Waals surface area (Å²) in [6.45, 7) is 17.0. The SMILES string of the molecule is CCOC(=O)CC(C)Oc1c(C)cc(C)cc1/C=C/C(=O)c1cc(C)c(OC(C)N2CCOCC2)c(C)c1. The van der Waals surface area contributed by atoms with Crippen LogP contribution in [0.25, 0.3) is 6.08 Å². The van der Waals surface area contributed by atoms with E-state index in [0.717, 1.165) is 46.7 Å². The molecule has 1 fully saturated rings. The van der Waals surface area contributed by atoms with Gasteiger partial charge in [-0.3, -0.25) is 14.5 Å². The van der Waals surface area contributed by atoms with Gasteiger partial charge in [0.1, 0.15) is 23.8 Å². The first kappa shape index (κ1) is 29.4. The van der Waals surface area contributed by atoms with Crippen molar-refractivity contribution in [1.29, 1.82) is 0 Å². The lowest BCUT2D eigenvalue weighted by Crippen LogP contribution is -2.44. The Morgan fingerprint density at radius 3 is 2.21 bits per heavy atom. The number of carbonyl (C=O) groups is 2. The molecule has 206 valence electrons. The van der Waals surface area contributed by atoms with Gasteiger partial charge in [0.05, 0.1) is 26.2 Å². The molecule has 0 saturated carbocycles. The molecule has 0 amide bonds. The number of carbonyl (C=O) groups excluding carboxylic acids is 2. The lowest BCUT2D eigenvalue weighted by atomic mass is 10.0. The smallest absolute Gasteiger partial charge is 0.309 e. The zero-order valence-electron chi connectivity index (χ0n) is 23.8. The van der Waals surface area contributed by atoms with E-state index in [-0.39, 0.29) is 30.5 Å². The lowest BCUT2D eigenvalue weighted by Gasteiger charge is -2.33. The maximum Gasteiger partial charge on any atom is 0.309 e. The molecule has 1 heterocycles. The van der Waals surface area contributed by atoms with E-state index in [9.17, 15) is 9.59 Å². The molecule has 1 aliphatic rings. The third-order valence-corrected chi connectivity index (χ3v) is 6.53. The van der Waals surface area contributed by atoms with Gasteiger partial charge in [-0.2, -0.15) is 0 Å². The first-order valence-corrected chi connectivity index (χ1v) is 13.3. The third-order valence-electron chi connectivity index (χ3n) is 6.53. The van der Waals surface area contributed by atoms with E-state index in [1.54, 1.807) is 19.1 Å². The van der Waals surface area contributed by atoms with Gasteiger partial charge in [-0.05, 0) is 95.5 Å². The topological polar surface area (TPSA) is 74.3 Å². The predicted molar refractivity (Wildman–Crippen MR) is 149 cm³/mol. The van der Waals surface area contributed by atoms with Crippen LogP contribution in [0, 0.1) is 27.7 Å². The molecular formula is C31H41NO6. The van der Waals surface area contributed by atoms with Crippen LogP contribution in [0.3, 0.4) is 0 Å². The zero-order chi connectivity index (χ0) is 27.8. The number of ketones is 1. The number of rotatable bonds is 11. The Balaban J connectivity index is 1.76. The summed E-state index contributed by atoms with van der Waals surface area (Å²) in [7, 11) is 0. The van der Waals surface area contributed by atoms with Crippen molar-refractivity contribution in [3.8, 4) is 11.5 Å². The highest BCUT2D eigenvalue weighted by Crippen LogP contribution is 2.30. The quantitative estimate of drug-likeness (QED) is 0.216. The van der Waals surface area contributed by atoms with Crippen LogP contribution in [0.2, 0.25) is 0 Å². The van der Waals surface area contributed by atoms with Crippen molar-refractivity contribution in [2.45, 2.75) is 67.2 Å². The van der Waals surface area contributed by atoms with Crippen molar-refractivity contribution in [1.82, 2.24) is 4.90 Å². The van der Waals surface area contributed by atoms with Gasteiger partial charge in [-0.1, -0.05) is 11.6 Å².